The average Bonchev–Trinajstić information content (AvgIpc) is 3.42. The van der Waals surface area contributed by atoms with E-state index < -0.39 is 5.82 Å². The normalized spacial score (nSPS) is 11.9. The molecule has 0 saturated carbocycles. The van der Waals surface area contributed by atoms with Gasteiger partial charge in [0.15, 0.2) is 5.82 Å². The first-order chi connectivity index (χ1) is 14.2. The van der Waals surface area contributed by atoms with E-state index in [1.54, 1.807) is 17.8 Å². The summed E-state index contributed by atoms with van der Waals surface area (Å²) in [6, 6.07) is 14.2. The van der Waals surface area contributed by atoms with Crippen molar-refractivity contribution >= 4 is 22.9 Å². The highest BCUT2D eigenvalue weighted by atomic mass is 32.1. The van der Waals surface area contributed by atoms with Crippen molar-refractivity contribution in [2.24, 2.45) is 0 Å². The summed E-state index contributed by atoms with van der Waals surface area (Å²) in [6.45, 7) is 0. The molecule has 2 N–H and O–H groups in total. The van der Waals surface area contributed by atoms with Crippen molar-refractivity contribution < 1.29 is 9.18 Å². The number of carbonyl (C=O) groups is 1. The van der Waals surface area contributed by atoms with Gasteiger partial charge >= 0.3 is 0 Å². The molecule has 0 radical (unpaired) electrons. The zero-order valence-electron chi connectivity index (χ0n) is 15.2. The number of amides is 1. The van der Waals surface area contributed by atoms with Gasteiger partial charge in [0.2, 0.25) is 5.91 Å². The lowest BCUT2D eigenvalue weighted by molar-refractivity contribution is -0.116. The number of hydrogen-bond donors (Lipinski definition) is 2. The van der Waals surface area contributed by atoms with Gasteiger partial charge in [0.05, 0.1) is 5.51 Å². The van der Waals surface area contributed by atoms with Crippen LogP contribution in [0.5, 0.6) is 0 Å². The number of tetrazole rings is 1. The Hall–Kier alpha value is -3.46. The van der Waals surface area contributed by atoms with Crippen LogP contribution in [0.25, 0.3) is 11.4 Å². The Morgan fingerprint density at radius 2 is 2.07 bits per heavy atom. The largest absolute Gasteiger partial charge is 0.326 e. The zero-order valence-corrected chi connectivity index (χ0v) is 16.1. The Kier molecular flexibility index (Phi) is 5.66. The van der Waals surface area contributed by atoms with Crippen molar-refractivity contribution in [3.05, 3.63) is 76.5 Å². The second kappa shape index (κ2) is 8.70. The van der Waals surface area contributed by atoms with Gasteiger partial charge in [0.25, 0.3) is 0 Å². The Balaban J connectivity index is 1.50. The van der Waals surface area contributed by atoms with E-state index in [0.29, 0.717) is 23.5 Å². The Morgan fingerprint density at radius 1 is 1.21 bits per heavy atom. The van der Waals surface area contributed by atoms with E-state index in [2.05, 4.69) is 30.9 Å². The third-order valence-electron chi connectivity index (χ3n) is 4.41. The number of halogens is 1. The lowest BCUT2D eigenvalue weighted by Gasteiger charge is -2.15. The van der Waals surface area contributed by atoms with Gasteiger partial charge in [0.1, 0.15) is 5.82 Å². The van der Waals surface area contributed by atoms with Crippen LogP contribution in [0.2, 0.25) is 0 Å². The Morgan fingerprint density at radius 3 is 2.79 bits per heavy atom. The SMILES string of the molecule is O=C(CC(Cc1ccccc1)c1cncs1)Nc1cc(F)cc(-c2nnn[nH]2)c1. The van der Waals surface area contributed by atoms with Crippen molar-refractivity contribution in [1.29, 1.82) is 0 Å². The summed E-state index contributed by atoms with van der Waals surface area (Å²) < 4.78 is 14.0. The summed E-state index contributed by atoms with van der Waals surface area (Å²) in [7, 11) is 0. The summed E-state index contributed by atoms with van der Waals surface area (Å²) in [5, 5.41) is 16.1. The van der Waals surface area contributed by atoms with E-state index >= 15 is 0 Å². The lowest BCUT2D eigenvalue weighted by Crippen LogP contribution is -2.17. The molecule has 0 bridgehead atoms. The van der Waals surface area contributed by atoms with Gasteiger partial charge in [0, 0.05) is 34.7 Å². The third kappa shape index (κ3) is 4.88. The summed E-state index contributed by atoms with van der Waals surface area (Å²) in [5.74, 6) is -0.382. The van der Waals surface area contributed by atoms with Crippen LogP contribution in [0.15, 0.2) is 60.2 Å². The first-order valence-electron chi connectivity index (χ1n) is 8.94. The van der Waals surface area contributed by atoms with E-state index in [1.165, 1.54) is 23.5 Å². The molecule has 9 heteroatoms. The van der Waals surface area contributed by atoms with Gasteiger partial charge in [-0.2, -0.15) is 0 Å². The van der Waals surface area contributed by atoms with Gasteiger partial charge in [-0.15, -0.1) is 16.4 Å². The molecule has 1 unspecified atom stereocenters. The number of thiazole rings is 1. The van der Waals surface area contributed by atoms with Gasteiger partial charge in [-0.3, -0.25) is 9.78 Å². The molecule has 0 aliphatic heterocycles. The molecule has 2 heterocycles. The molecule has 4 rings (SSSR count). The average molecular weight is 408 g/mol. The molecule has 2 aromatic carbocycles. The van der Waals surface area contributed by atoms with Crippen LogP contribution < -0.4 is 5.32 Å². The summed E-state index contributed by atoms with van der Waals surface area (Å²) in [5.41, 5.74) is 3.71. The van der Waals surface area contributed by atoms with Crippen LogP contribution in [0, 0.1) is 5.82 Å². The Bertz CT molecular complexity index is 1070. The second-order valence-corrected chi connectivity index (χ2v) is 7.44. The number of carbonyl (C=O) groups excluding carboxylic acids is 1. The third-order valence-corrected chi connectivity index (χ3v) is 5.35. The first-order valence-corrected chi connectivity index (χ1v) is 9.82. The van der Waals surface area contributed by atoms with Crippen molar-refractivity contribution in [2.45, 2.75) is 18.8 Å². The molecule has 7 nitrogen and oxygen atoms in total. The molecule has 4 aromatic rings. The number of aromatic nitrogens is 5. The topological polar surface area (TPSA) is 96.5 Å². The minimum absolute atomic E-state index is 0.0172. The molecule has 1 amide bonds. The summed E-state index contributed by atoms with van der Waals surface area (Å²) in [4.78, 5) is 17.9. The molecule has 146 valence electrons. The van der Waals surface area contributed by atoms with E-state index in [1.807, 2.05) is 30.3 Å². The fourth-order valence-corrected chi connectivity index (χ4v) is 3.84. The van der Waals surface area contributed by atoms with Crippen LogP contribution in [-0.2, 0) is 11.2 Å². The van der Waals surface area contributed by atoms with Crippen LogP contribution in [-0.4, -0.2) is 31.5 Å². The lowest BCUT2D eigenvalue weighted by atomic mass is 9.94. The minimum atomic E-state index is -0.488. The number of hydrogen-bond acceptors (Lipinski definition) is 6. The van der Waals surface area contributed by atoms with Gasteiger partial charge < -0.3 is 5.32 Å². The summed E-state index contributed by atoms with van der Waals surface area (Å²) in [6.07, 6.45) is 2.77. The highest BCUT2D eigenvalue weighted by Crippen LogP contribution is 2.28. The van der Waals surface area contributed by atoms with Gasteiger partial charge in [-0.1, -0.05) is 30.3 Å². The van der Waals surface area contributed by atoms with Crippen LogP contribution in [0.4, 0.5) is 10.1 Å². The number of benzene rings is 2. The molecular formula is C20H17FN6OS. The molecule has 0 aliphatic rings. The number of nitrogens with zero attached hydrogens (tertiary/aromatic N) is 4. The highest BCUT2D eigenvalue weighted by Gasteiger charge is 2.19. The Labute approximate surface area is 170 Å². The molecule has 2 aromatic heterocycles. The smallest absolute Gasteiger partial charge is 0.225 e. The monoisotopic (exact) mass is 408 g/mol. The van der Waals surface area contributed by atoms with Crippen molar-refractivity contribution in [1.82, 2.24) is 25.6 Å². The molecule has 0 saturated heterocycles. The molecule has 0 fully saturated rings. The quantitative estimate of drug-likeness (QED) is 0.485. The minimum Gasteiger partial charge on any atom is -0.326 e. The standard InChI is InChI=1S/C20H17FN6OS/c21-16-7-15(20-24-26-27-25-20)8-17(10-16)23-19(28)9-14(18-11-22-12-29-18)6-13-4-2-1-3-5-13/h1-5,7-8,10-12,14H,6,9H2,(H,23,28)(H,24,25,26,27). The van der Waals surface area contributed by atoms with E-state index in [9.17, 15) is 9.18 Å². The predicted molar refractivity (Wildman–Crippen MR) is 108 cm³/mol. The predicted octanol–water partition coefficient (Wildman–Crippen LogP) is 3.82. The highest BCUT2D eigenvalue weighted by molar-refractivity contribution is 7.09. The van der Waals surface area contributed by atoms with E-state index in [4.69, 9.17) is 0 Å². The molecule has 0 spiro atoms. The fraction of sp³-hybridized carbons (Fsp3) is 0.150. The second-order valence-electron chi connectivity index (χ2n) is 6.52. The number of rotatable bonds is 7. The number of H-pyrrole nitrogens is 1. The first kappa shape index (κ1) is 18.9. The van der Waals surface area contributed by atoms with Crippen LogP contribution >= 0.6 is 11.3 Å². The van der Waals surface area contributed by atoms with Crippen molar-refractivity contribution in [3.8, 4) is 11.4 Å². The van der Waals surface area contributed by atoms with Crippen molar-refractivity contribution in [3.63, 3.8) is 0 Å². The maximum Gasteiger partial charge on any atom is 0.225 e. The number of anilines is 1. The molecule has 0 aliphatic carbocycles. The molecular weight excluding hydrogens is 391 g/mol. The van der Waals surface area contributed by atoms with E-state index in [-0.39, 0.29) is 18.2 Å². The maximum atomic E-state index is 14.0. The van der Waals surface area contributed by atoms with Crippen LogP contribution in [0.1, 0.15) is 22.8 Å². The number of nitrogens with one attached hydrogen (secondary N) is 2. The van der Waals surface area contributed by atoms with Crippen LogP contribution in [0.3, 0.4) is 0 Å². The molecule has 1 atom stereocenters. The van der Waals surface area contributed by atoms with Gasteiger partial charge in [-0.05, 0) is 40.6 Å². The zero-order chi connectivity index (χ0) is 20.1. The number of aromatic amines is 1. The van der Waals surface area contributed by atoms with Gasteiger partial charge in [-0.25, -0.2) is 9.49 Å². The maximum absolute atomic E-state index is 14.0. The van der Waals surface area contributed by atoms with E-state index in [0.717, 1.165) is 10.4 Å². The van der Waals surface area contributed by atoms with Crippen molar-refractivity contribution in [2.75, 3.05) is 5.32 Å². The molecule has 29 heavy (non-hydrogen) atoms. The summed E-state index contributed by atoms with van der Waals surface area (Å²) >= 11 is 1.52. The fourth-order valence-electron chi connectivity index (χ4n) is 3.11.